The molecular formula is C45H40N8O5. The monoisotopic (exact) mass is 772 g/mol. The Bertz CT molecular complexity index is 2620. The van der Waals surface area contributed by atoms with Crippen LogP contribution in [0.25, 0.3) is 32.9 Å². The number of aromatic amines is 1. The number of piperidine rings is 1. The minimum atomic E-state index is -0.609. The summed E-state index contributed by atoms with van der Waals surface area (Å²) in [7, 11) is 0. The normalized spacial score (nSPS) is 20.7. The van der Waals surface area contributed by atoms with Crippen molar-refractivity contribution in [3.8, 4) is 34.6 Å². The highest BCUT2D eigenvalue weighted by atomic mass is 16.5. The fraction of sp³-hybridized carbons (Fsp3) is 0.289. The molecule has 290 valence electrons. The zero-order valence-corrected chi connectivity index (χ0v) is 31.7. The molecular weight excluding hydrogens is 733 g/mol. The summed E-state index contributed by atoms with van der Waals surface area (Å²) in [6.45, 7) is 4.43. The van der Waals surface area contributed by atoms with Crippen molar-refractivity contribution in [1.82, 2.24) is 35.1 Å². The van der Waals surface area contributed by atoms with Crippen LogP contribution < -0.4 is 19.7 Å². The number of benzene rings is 2. The highest BCUT2D eigenvalue weighted by Gasteiger charge is 2.39. The van der Waals surface area contributed by atoms with Gasteiger partial charge in [-0.1, -0.05) is 18.1 Å². The number of hydrogen-bond donors (Lipinski definition) is 2. The summed E-state index contributed by atoms with van der Waals surface area (Å²) in [6, 6.07) is 21.5. The first-order chi connectivity index (χ1) is 28.4. The first kappa shape index (κ1) is 35.6. The first-order valence-corrected chi connectivity index (χ1v) is 19.8. The molecule has 0 bridgehead atoms. The maximum atomic E-state index is 13.1. The van der Waals surface area contributed by atoms with Gasteiger partial charge in [0, 0.05) is 115 Å². The Hall–Kier alpha value is -6.78. The number of rotatable bonds is 8. The van der Waals surface area contributed by atoms with E-state index in [9.17, 15) is 14.4 Å². The molecule has 1 saturated carbocycles. The maximum Gasteiger partial charge on any atom is 0.255 e. The molecule has 0 radical (unpaired) electrons. The molecule has 2 saturated heterocycles. The van der Waals surface area contributed by atoms with Gasteiger partial charge >= 0.3 is 0 Å². The molecule has 0 spiro atoms. The van der Waals surface area contributed by atoms with Crippen LogP contribution in [-0.2, 0) is 16.1 Å². The largest absolute Gasteiger partial charge is 0.489 e. The van der Waals surface area contributed by atoms with E-state index in [2.05, 4.69) is 71.2 Å². The molecule has 3 aliphatic heterocycles. The van der Waals surface area contributed by atoms with Crippen LogP contribution in [0.1, 0.15) is 47.3 Å². The molecule has 4 aromatic heterocycles. The van der Waals surface area contributed by atoms with Crippen molar-refractivity contribution in [2.24, 2.45) is 0 Å². The number of aromatic nitrogens is 4. The van der Waals surface area contributed by atoms with Gasteiger partial charge in [-0.3, -0.25) is 29.6 Å². The van der Waals surface area contributed by atoms with Crippen LogP contribution in [0.15, 0.2) is 91.5 Å². The molecule has 1 aliphatic carbocycles. The van der Waals surface area contributed by atoms with Crippen molar-refractivity contribution in [3.63, 3.8) is 0 Å². The van der Waals surface area contributed by atoms with Gasteiger partial charge in [0.25, 0.3) is 5.91 Å². The number of anilines is 1. The molecule has 2 aromatic carbocycles. The summed E-state index contributed by atoms with van der Waals surface area (Å²) in [4.78, 5) is 60.1. The van der Waals surface area contributed by atoms with E-state index < -0.39 is 11.9 Å². The molecule has 3 amide bonds. The van der Waals surface area contributed by atoms with E-state index >= 15 is 0 Å². The molecule has 1 atom stereocenters. The minimum Gasteiger partial charge on any atom is -0.489 e. The lowest BCUT2D eigenvalue weighted by molar-refractivity contribution is -0.136. The van der Waals surface area contributed by atoms with E-state index in [4.69, 9.17) is 9.47 Å². The summed E-state index contributed by atoms with van der Waals surface area (Å²) in [5.41, 5.74) is 7.57. The van der Waals surface area contributed by atoms with Crippen molar-refractivity contribution in [2.45, 2.75) is 50.5 Å². The SMILES string of the molecule is O=C1CCC(N2Cc3cc(N4CCN(CC#Cc5ccc(OC6CC(Oc7ccc(-c8ccc9c(c8)[nH]c8ccncc89)cn7)C6)cn5)CC4)ccc3C2=O)C(=O)N1. The Morgan fingerprint density at radius 2 is 1.66 bits per heavy atom. The molecule has 7 heterocycles. The van der Waals surface area contributed by atoms with Crippen molar-refractivity contribution in [1.29, 1.82) is 0 Å². The predicted octanol–water partition coefficient (Wildman–Crippen LogP) is 5.10. The topological polar surface area (TPSA) is 146 Å². The fourth-order valence-corrected chi connectivity index (χ4v) is 8.31. The van der Waals surface area contributed by atoms with Gasteiger partial charge < -0.3 is 24.3 Å². The molecule has 3 fully saturated rings. The quantitative estimate of drug-likeness (QED) is 0.158. The number of pyridine rings is 3. The molecule has 13 heteroatoms. The van der Waals surface area contributed by atoms with E-state index in [0.29, 0.717) is 36.6 Å². The average Bonchev–Trinajstić information content (AvgIpc) is 3.77. The lowest BCUT2D eigenvalue weighted by Gasteiger charge is -2.35. The molecule has 10 rings (SSSR count). The Morgan fingerprint density at radius 1 is 0.793 bits per heavy atom. The number of ether oxygens (including phenoxy) is 2. The summed E-state index contributed by atoms with van der Waals surface area (Å²) >= 11 is 0. The van der Waals surface area contributed by atoms with Gasteiger partial charge in [-0.2, -0.15) is 0 Å². The molecule has 2 N–H and O–H groups in total. The van der Waals surface area contributed by atoms with Crippen molar-refractivity contribution in [2.75, 3.05) is 37.6 Å². The van der Waals surface area contributed by atoms with Crippen molar-refractivity contribution >= 4 is 45.2 Å². The number of carbonyl (C=O) groups excluding carboxylic acids is 3. The number of nitrogens with zero attached hydrogens (tertiary/aromatic N) is 6. The van der Waals surface area contributed by atoms with Gasteiger partial charge in [0.05, 0.1) is 12.7 Å². The number of hydrogen-bond acceptors (Lipinski definition) is 10. The Labute approximate surface area is 334 Å². The highest BCUT2D eigenvalue weighted by Crippen LogP contribution is 2.33. The zero-order valence-electron chi connectivity index (χ0n) is 31.7. The third kappa shape index (κ3) is 7.07. The maximum absolute atomic E-state index is 13.1. The predicted molar refractivity (Wildman–Crippen MR) is 217 cm³/mol. The second-order valence-corrected chi connectivity index (χ2v) is 15.3. The van der Waals surface area contributed by atoms with E-state index in [1.54, 1.807) is 17.3 Å². The third-order valence-electron chi connectivity index (χ3n) is 11.6. The number of H-pyrrole nitrogens is 1. The van der Waals surface area contributed by atoms with Gasteiger partial charge in [-0.05, 0) is 72.0 Å². The minimum absolute atomic E-state index is 0.0523. The summed E-state index contributed by atoms with van der Waals surface area (Å²) in [5, 5.41) is 4.63. The van der Waals surface area contributed by atoms with Crippen LogP contribution >= 0.6 is 0 Å². The molecule has 58 heavy (non-hydrogen) atoms. The van der Waals surface area contributed by atoms with Crippen LogP contribution in [-0.4, -0.2) is 98.4 Å². The number of amides is 3. The van der Waals surface area contributed by atoms with Crippen LogP contribution in [0, 0.1) is 11.8 Å². The van der Waals surface area contributed by atoms with Crippen LogP contribution in [0.4, 0.5) is 5.69 Å². The van der Waals surface area contributed by atoms with Crippen LogP contribution in [0.3, 0.4) is 0 Å². The summed E-state index contributed by atoms with van der Waals surface area (Å²) in [6.07, 6.45) is 9.55. The van der Waals surface area contributed by atoms with Crippen molar-refractivity contribution in [3.05, 3.63) is 108 Å². The molecule has 4 aliphatic rings. The molecule has 13 nitrogen and oxygen atoms in total. The smallest absolute Gasteiger partial charge is 0.255 e. The van der Waals surface area contributed by atoms with E-state index in [1.165, 1.54) is 0 Å². The van der Waals surface area contributed by atoms with E-state index in [1.807, 2.05) is 54.9 Å². The standard InChI is InChI=1S/C45H40N8O5/c54-42-11-10-41(44(55)50-42)53-27-30-20-32(6-9-36(30)45(53)56)52-18-16-51(17-19-52)15-1-2-31-5-7-33(25-47-31)57-34-22-35(23-34)58-43-12-4-29(24-48-43)28-3-8-37-38-26-46-14-13-39(38)49-40(37)21-28/h3-9,12-14,20-21,24-26,34-35,41,49H,10-11,15-19,22-23,27H2,(H,50,54,55). The second-order valence-electron chi connectivity index (χ2n) is 15.3. The second kappa shape index (κ2) is 14.9. The fourth-order valence-electron chi connectivity index (χ4n) is 8.31. The number of fused-ring (bicyclic) bond motifs is 4. The zero-order chi connectivity index (χ0) is 39.2. The van der Waals surface area contributed by atoms with Crippen LogP contribution in [0.2, 0.25) is 0 Å². The average molecular weight is 773 g/mol. The number of imide groups is 1. The first-order valence-electron chi connectivity index (χ1n) is 19.8. The summed E-state index contributed by atoms with van der Waals surface area (Å²) < 4.78 is 12.3. The van der Waals surface area contributed by atoms with Gasteiger partial charge in [-0.25, -0.2) is 9.97 Å². The Kier molecular flexibility index (Phi) is 9.18. The third-order valence-corrected chi connectivity index (χ3v) is 11.6. The Morgan fingerprint density at radius 3 is 2.47 bits per heavy atom. The van der Waals surface area contributed by atoms with Gasteiger partial charge in [0.2, 0.25) is 17.7 Å². The summed E-state index contributed by atoms with van der Waals surface area (Å²) in [5.74, 6) is 6.96. The van der Waals surface area contributed by atoms with Crippen LogP contribution in [0.5, 0.6) is 11.6 Å². The Balaban J connectivity index is 0.655. The van der Waals surface area contributed by atoms with Gasteiger partial charge in [0.15, 0.2) is 0 Å². The van der Waals surface area contributed by atoms with Crippen molar-refractivity contribution < 1.29 is 23.9 Å². The van der Waals surface area contributed by atoms with E-state index in [-0.39, 0.29) is 30.4 Å². The molecule has 6 aromatic rings. The van der Waals surface area contributed by atoms with Gasteiger partial charge in [0.1, 0.15) is 29.7 Å². The number of carbonyl (C=O) groups is 3. The lowest BCUT2D eigenvalue weighted by Crippen LogP contribution is -2.52. The number of piperazine rings is 1. The molecule has 1 unspecified atom stereocenters. The van der Waals surface area contributed by atoms with Gasteiger partial charge in [-0.15, -0.1) is 0 Å². The lowest BCUT2D eigenvalue weighted by atomic mass is 9.92. The highest BCUT2D eigenvalue weighted by molar-refractivity contribution is 6.08. The number of nitrogens with one attached hydrogen (secondary N) is 2. The van der Waals surface area contributed by atoms with E-state index in [0.717, 1.165) is 89.0 Å².